The van der Waals surface area contributed by atoms with E-state index in [1.165, 1.54) is 22.8 Å². The van der Waals surface area contributed by atoms with Crippen LogP contribution in [0.25, 0.3) is 11.0 Å². The molecule has 30 heavy (non-hydrogen) atoms. The van der Waals surface area contributed by atoms with Gasteiger partial charge in [0.15, 0.2) is 26.4 Å². The first kappa shape index (κ1) is 23.4. The third-order valence-corrected chi connectivity index (χ3v) is 11.2. The number of hydrogen-bond acceptors (Lipinski definition) is 8. The molecule has 2 aromatic heterocycles. The molecule has 3 N–H and O–H groups in total. The molecule has 3 rings (SSSR count). The van der Waals surface area contributed by atoms with E-state index in [2.05, 4.69) is 48.9 Å². The highest BCUT2D eigenvalue weighted by Gasteiger charge is 2.51. The van der Waals surface area contributed by atoms with E-state index < -0.39 is 32.9 Å². The van der Waals surface area contributed by atoms with Gasteiger partial charge in [0.1, 0.15) is 29.4 Å². The molecule has 0 amide bonds. The maximum atomic E-state index is 15.7. The Labute approximate surface area is 181 Å². The second-order valence-electron chi connectivity index (χ2n) is 9.41. The third kappa shape index (κ3) is 4.22. The van der Waals surface area contributed by atoms with Crippen LogP contribution in [-0.4, -0.2) is 63.4 Å². The molecule has 0 unspecified atom stereocenters. The molecule has 0 aliphatic carbocycles. The molecule has 2 aromatic rings. The Hall–Kier alpha value is -1.27. The highest BCUT2D eigenvalue weighted by atomic mass is 32.2. The molecule has 1 fully saturated rings. The predicted molar refractivity (Wildman–Crippen MR) is 119 cm³/mol. The number of thioether (sulfide) groups is 1. The number of anilines is 1. The molecule has 1 aliphatic rings. The van der Waals surface area contributed by atoms with Crippen LogP contribution in [0.15, 0.2) is 11.4 Å². The summed E-state index contributed by atoms with van der Waals surface area (Å²) in [5.74, 6) is 0.288. The van der Waals surface area contributed by atoms with Gasteiger partial charge in [-0.2, -0.15) is 5.10 Å². The van der Waals surface area contributed by atoms with E-state index >= 15 is 4.39 Å². The summed E-state index contributed by atoms with van der Waals surface area (Å²) in [7, 11) is -2.29. The lowest BCUT2D eigenvalue weighted by Gasteiger charge is -2.39. The van der Waals surface area contributed by atoms with Crippen molar-refractivity contribution in [1.29, 1.82) is 0 Å². The van der Waals surface area contributed by atoms with Crippen molar-refractivity contribution < 1.29 is 18.7 Å². The van der Waals surface area contributed by atoms with Crippen LogP contribution in [0.5, 0.6) is 0 Å². The van der Waals surface area contributed by atoms with Crippen molar-refractivity contribution in [3.05, 3.63) is 6.33 Å². The van der Waals surface area contributed by atoms with Crippen LogP contribution in [0, 0.1) is 0 Å². The van der Waals surface area contributed by atoms with Crippen LogP contribution in [-0.2, 0) is 9.16 Å². The first-order chi connectivity index (χ1) is 13.9. The fourth-order valence-electron chi connectivity index (χ4n) is 3.14. The minimum absolute atomic E-state index is 0.105. The van der Waals surface area contributed by atoms with Gasteiger partial charge in [-0.05, 0) is 18.1 Å². The zero-order valence-electron chi connectivity index (χ0n) is 18.6. The molecule has 0 radical (unpaired) electrons. The number of aliphatic hydroxyl groups is 1. The van der Waals surface area contributed by atoms with E-state index in [0.717, 1.165) is 0 Å². The largest absolute Gasteiger partial charge is 0.408 e. The van der Waals surface area contributed by atoms with Gasteiger partial charge < -0.3 is 20.0 Å². The number of nitrogen functional groups attached to an aromatic ring is 1. The molecule has 8 nitrogen and oxygen atoms in total. The van der Waals surface area contributed by atoms with Crippen molar-refractivity contribution in [3.8, 4) is 0 Å². The molecule has 0 aromatic carbocycles. The van der Waals surface area contributed by atoms with Crippen molar-refractivity contribution >= 4 is 36.9 Å². The van der Waals surface area contributed by atoms with Gasteiger partial charge in [0.2, 0.25) is 0 Å². The number of rotatable bonds is 6. The number of hydrogen-bond donors (Lipinski definition) is 2. The Morgan fingerprint density at radius 3 is 2.60 bits per heavy atom. The number of nitrogens with two attached hydrogens (primary N) is 1. The Morgan fingerprint density at radius 2 is 2.03 bits per heavy atom. The minimum Gasteiger partial charge on any atom is -0.408 e. The van der Waals surface area contributed by atoms with Gasteiger partial charge in [-0.1, -0.05) is 34.6 Å². The van der Waals surface area contributed by atoms with Crippen LogP contribution < -0.4 is 5.73 Å². The van der Waals surface area contributed by atoms with Crippen LogP contribution in [0.4, 0.5) is 10.2 Å². The van der Waals surface area contributed by atoms with Gasteiger partial charge in [0, 0.05) is 5.25 Å². The van der Waals surface area contributed by atoms with Crippen molar-refractivity contribution in [2.45, 2.75) is 87.6 Å². The molecule has 1 aliphatic heterocycles. The summed E-state index contributed by atoms with van der Waals surface area (Å²) in [5.41, 5.74) is 6.49. The molecule has 3 heterocycles. The lowest BCUT2D eigenvalue weighted by molar-refractivity contribution is -0.0497. The maximum absolute atomic E-state index is 15.7. The lowest BCUT2D eigenvalue weighted by atomic mass is 10.1. The average molecular weight is 458 g/mol. The topological polar surface area (TPSA) is 108 Å². The average Bonchev–Trinajstić information content (AvgIpc) is 3.12. The summed E-state index contributed by atoms with van der Waals surface area (Å²) < 4.78 is 29.4. The van der Waals surface area contributed by atoms with Crippen molar-refractivity contribution in [2.24, 2.45) is 0 Å². The molecule has 4 atom stereocenters. The predicted octanol–water partition coefficient (Wildman–Crippen LogP) is 3.53. The van der Waals surface area contributed by atoms with Crippen LogP contribution in [0.1, 0.15) is 40.8 Å². The van der Waals surface area contributed by atoms with E-state index in [1.807, 2.05) is 13.8 Å². The molecule has 0 saturated carbocycles. The van der Waals surface area contributed by atoms with E-state index in [4.69, 9.17) is 14.9 Å². The Balaban J connectivity index is 2.01. The fourth-order valence-corrected chi connectivity index (χ4v) is 5.35. The maximum Gasteiger partial charge on any atom is 0.192 e. The second-order valence-corrected chi connectivity index (χ2v) is 15.7. The number of nitrogens with zero attached hydrogens (tertiary/aromatic N) is 4. The number of fused-ring (bicyclic) bond motifs is 1. The van der Waals surface area contributed by atoms with Gasteiger partial charge in [0.25, 0.3) is 0 Å². The number of alkyl halides is 1. The zero-order chi connectivity index (χ0) is 22.4. The molecule has 1 saturated heterocycles. The summed E-state index contributed by atoms with van der Waals surface area (Å²) in [6.45, 7) is 14.1. The first-order valence-electron chi connectivity index (χ1n) is 10.1. The smallest absolute Gasteiger partial charge is 0.192 e. The monoisotopic (exact) mass is 457 g/mol. The van der Waals surface area contributed by atoms with E-state index in [9.17, 15) is 5.11 Å². The van der Waals surface area contributed by atoms with Crippen molar-refractivity contribution in [1.82, 2.24) is 19.7 Å². The van der Waals surface area contributed by atoms with Crippen LogP contribution in [0.2, 0.25) is 18.1 Å². The molecule has 168 valence electrons. The highest BCUT2D eigenvalue weighted by molar-refractivity contribution is 8.00. The summed E-state index contributed by atoms with van der Waals surface area (Å²) in [5, 5.41) is 15.8. The molecule has 11 heteroatoms. The van der Waals surface area contributed by atoms with Crippen molar-refractivity contribution in [3.63, 3.8) is 0 Å². The van der Waals surface area contributed by atoms with Crippen molar-refractivity contribution in [2.75, 3.05) is 12.3 Å². The minimum atomic E-state index is -2.29. The molecule has 0 bridgehead atoms. The SMILES string of the molecule is CC(C)Sc1nn([C@@H]2O[C@H](CO)[C@@H](O[Si](C)(C)C(C)(C)C)[C@@H]2F)c2ncnc(N)c12. The number of aliphatic hydroxyl groups excluding tert-OH is 1. The molecular formula is C19H32FN5O3SSi. The molecular weight excluding hydrogens is 425 g/mol. The van der Waals surface area contributed by atoms with Crippen LogP contribution >= 0.6 is 11.8 Å². The summed E-state index contributed by atoms with van der Waals surface area (Å²) >= 11 is 1.50. The van der Waals surface area contributed by atoms with E-state index in [0.29, 0.717) is 16.1 Å². The van der Waals surface area contributed by atoms with Gasteiger partial charge in [0.05, 0.1) is 12.0 Å². The van der Waals surface area contributed by atoms with E-state index in [-0.39, 0.29) is 22.7 Å². The van der Waals surface area contributed by atoms with E-state index in [1.54, 1.807) is 0 Å². The third-order valence-electron chi connectivity index (χ3n) is 5.76. The quantitative estimate of drug-likeness (QED) is 0.501. The van der Waals surface area contributed by atoms with Gasteiger partial charge >= 0.3 is 0 Å². The zero-order valence-corrected chi connectivity index (χ0v) is 20.4. The fraction of sp³-hybridized carbons (Fsp3) is 0.737. The first-order valence-corrected chi connectivity index (χ1v) is 13.9. The standard InChI is InChI=1S/C19H32FN5O3SSi/c1-10(2)29-17-12-15(21)22-9-23-16(12)25(24-17)18-13(20)14(11(8-26)27-18)28-30(6,7)19(3,4)5/h9-11,13-14,18,26H,8H2,1-7H3,(H2,21,22,23)/t11-,13+,14-,18-/m1/s1. The Morgan fingerprint density at radius 1 is 1.37 bits per heavy atom. The summed E-state index contributed by atoms with van der Waals surface area (Å²) in [4.78, 5) is 8.36. The highest BCUT2D eigenvalue weighted by Crippen LogP contribution is 2.43. The van der Waals surface area contributed by atoms with Gasteiger partial charge in [-0.15, -0.1) is 11.8 Å². The number of aromatic nitrogens is 4. The Bertz CT molecular complexity index is 904. The Kier molecular flexibility index (Phi) is 6.50. The second kappa shape index (κ2) is 8.34. The van der Waals surface area contributed by atoms with Gasteiger partial charge in [-0.3, -0.25) is 0 Å². The van der Waals surface area contributed by atoms with Crippen LogP contribution in [0.3, 0.4) is 0 Å². The lowest BCUT2D eigenvalue weighted by Crippen LogP contribution is -2.49. The normalized spacial score (nSPS) is 25.5. The van der Waals surface area contributed by atoms with Gasteiger partial charge in [-0.25, -0.2) is 19.0 Å². The summed E-state index contributed by atoms with van der Waals surface area (Å²) in [6.07, 6.45) is -2.95. The summed E-state index contributed by atoms with van der Waals surface area (Å²) in [6, 6.07) is 0. The number of ether oxygens (including phenoxy) is 1. The molecule has 0 spiro atoms. The number of halogens is 1.